The van der Waals surface area contributed by atoms with E-state index < -0.39 is 43.6 Å². The van der Waals surface area contributed by atoms with Crippen LogP contribution in [0.25, 0.3) is 0 Å². The first-order chi connectivity index (χ1) is 15.1. The van der Waals surface area contributed by atoms with Gasteiger partial charge < -0.3 is 16.0 Å². The van der Waals surface area contributed by atoms with Crippen molar-refractivity contribution >= 4 is 38.8 Å². The fourth-order valence-corrected chi connectivity index (χ4v) is 4.45. The maximum atomic E-state index is 13.7. The van der Waals surface area contributed by atoms with Gasteiger partial charge in [-0.1, -0.05) is 12.5 Å². The van der Waals surface area contributed by atoms with E-state index in [-0.39, 0.29) is 10.6 Å². The van der Waals surface area contributed by atoms with Crippen molar-refractivity contribution in [3.8, 4) is 0 Å². The number of hydrogen-bond donors (Lipinski definition) is 2. The number of rotatable bonds is 5. The quantitative estimate of drug-likeness (QED) is 0.393. The van der Waals surface area contributed by atoms with Crippen LogP contribution < -0.4 is 11.1 Å². The minimum absolute atomic E-state index is 0.0804. The summed E-state index contributed by atoms with van der Waals surface area (Å²) >= 11 is 0. The highest BCUT2D eigenvalue weighted by Crippen LogP contribution is 2.28. The number of sulfonamides is 1. The molecule has 1 heterocycles. The first-order valence-corrected chi connectivity index (χ1v) is 11.2. The van der Waals surface area contributed by atoms with E-state index >= 15 is 0 Å². The highest BCUT2D eigenvalue weighted by molar-refractivity contribution is 7.90. The second kappa shape index (κ2) is 9.30. The number of benzene rings is 2. The second-order valence-corrected chi connectivity index (χ2v) is 8.94. The summed E-state index contributed by atoms with van der Waals surface area (Å²) in [5.74, 6) is -1.46. The van der Waals surface area contributed by atoms with Crippen LogP contribution in [0.4, 0.5) is 21.5 Å². The summed E-state index contributed by atoms with van der Waals surface area (Å²) in [6.45, 7) is 0.714. The predicted octanol–water partition coefficient (Wildman–Crippen LogP) is 3.16. The van der Waals surface area contributed by atoms with Gasteiger partial charge in [0.25, 0.3) is 21.6 Å². The third-order valence-corrected chi connectivity index (χ3v) is 6.31. The number of nitrogens with one attached hydrogen (secondary N) is 1. The third-order valence-electron chi connectivity index (χ3n) is 5.01. The normalized spacial score (nSPS) is 15.9. The highest BCUT2D eigenvalue weighted by atomic mass is 32.2. The van der Waals surface area contributed by atoms with E-state index in [9.17, 15) is 27.7 Å². The van der Waals surface area contributed by atoms with Crippen molar-refractivity contribution in [3.63, 3.8) is 0 Å². The number of nitro benzene ring substituents is 1. The Morgan fingerprint density at radius 3 is 2.72 bits per heavy atom. The molecule has 10 nitrogen and oxygen atoms in total. The van der Waals surface area contributed by atoms with Crippen molar-refractivity contribution in [2.45, 2.75) is 30.6 Å². The third kappa shape index (κ3) is 5.19. The van der Waals surface area contributed by atoms with Gasteiger partial charge in [0.1, 0.15) is 17.3 Å². The number of halogens is 1. The fraction of sp³-hybridized carbons (Fsp3) is 0.300. The Morgan fingerprint density at radius 1 is 1.25 bits per heavy atom. The Bertz CT molecular complexity index is 1200. The van der Waals surface area contributed by atoms with Crippen LogP contribution >= 0.6 is 0 Å². The van der Waals surface area contributed by atoms with Crippen LogP contribution in [0.1, 0.15) is 36.0 Å². The van der Waals surface area contributed by atoms with E-state index in [0.717, 1.165) is 25.3 Å². The Kier molecular flexibility index (Phi) is 6.72. The molecule has 2 aromatic rings. The molecule has 0 aliphatic carbocycles. The Morgan fingerprint density at radius 2 is 2.00 bits per heavy atom. The highest BCUT2D eigenvalue weighted by Gasteiger charge is 2.23. The first kappa shape index (κ1) is 23.1. The molecule has 32 heavy (non-hydrogen) atoms. The largest absolute Gasteiger partial charge is 0.393 e. The lowest BCUT2D eigenvalue weighted by Crippen LogP contribution is -2.26. The summed E-state index contributed by atoms with van der Waals surface area (Å²) in [6, 6.07) is 6.77. The van der Waals surface area contributed by atoms with Crippen molar-refractivity contribution < 1.29 is 22.5 Å². The van der Waals surface area contributed by atoms with Crippen LogP contribution in [0.5, 0.6) is 0 Å². The van der Waals surface area contributed by atoms with Gasteiger partial charge >= 0.3 is 0 Å². The fourth-order valence-electron chi connectivity index (χ4n) is 3.31. The molecule has 0 radical (unpaired) electrons. The van der Waals surface area contributed by atoms with Crippen molar-refractivity contribution in [2.24, 2.45) is 4.40 Å². The monoisotopic (exact) mass is 463 g/mol. The number of hydrogen-bond acceptors (Lipinski definition) is 6. The van der Waals surface area contributed by atoms with E-state index in [1.54, 1.807) is 7.05 Å². The van der Waals surface area contributed by atoms with Crippen molar-refractivity contribution in [3.05, 3.63) is 57.9 Å². The van der Waals surface area contributed by atoms with Crippen LogP contribution in [0.2, 0.25) is 0 Å². The molecule has 0 saturated carbocycles. The lowest BCUT2D eigenvalue weighted by atomic mass is 10.1. The number of nitro groups is 1. The topological polar surface area (TPSA) is 148 Å². The molecule has 1 amide bonds. The number of carbonyl (C=O) groups excluding carboxylic acids is 1. The summed E-state index contributed by atoms with van der Waals surface area (Å²) in [4.78, 5) is 24.4. The van der Waals surface area contributed by atoms with Gasteiger partial charge in [0.15, 0.2) is 0 Å². The van der Waals surface area contributed by atoms with Gasteiger partial charge in [0, 0.05) is 25.7 Å². The number of carbonyl (C=O) groups is 1. The van der Waals surface area contributed by atoms with Crippen LogP contribution in [0.3, 0.4) is 0 Å². The zero-order chi connectivity index (χ0) is 23.5. The molecule has 0 unspecified atom stereocenters. The molecule has 0 aromatic heterocycles. The van der Waals surface area contributed by atoms with E-state index in [1.165, 1.54) is 24.3 Å². The van der Waals surface area contributed by atoms with E-state index in [2.05, 4.69) is 9.71 Å². The molecular weight excluding hydrogens is 441 g/mol. The van der Waals surface area contributed by atoms with Crippen LogP contribution in [0.15, 0.2) is 45.7 Å². The Labute approximate surface area is 184 Å². The Balaban J connectivity index is 1.88. The van der Waals surface area contributed by atoms with Crippen LogP contribution in [-0.4, -0.2) is 43.6 Å². The van der Waals surface area contributed by atoms with E-state index in [1.807, 2.05) is 4.90 Å². The zero-order valence-corrected chi connectivity index (χ0v) is 18.1. The maximum Gasteiger partial charge on any atom is 0.295 e. The van der Waals surface area contributed by atoms with Crippen molar-refractivity contribution in [1.29, 1.82) is 0 Å². The van der Waals surface area contributed by atoms with Gasteiger partial charge in [0.05, 0.1) is 21.4 Å². The van der Waals surface area contributed by atoms with Crippen LogP contribution in [-0.2, 0) is 10.0 Å². The average Bonchev–Trinajstić information content (AvgIpc) is 2.93. The summed E-state index contributed by atoms with van der Waals surface area (Å²) in [6.07, 6.45) is 3.34. The van der Waals surface area contributed by atoms with Crippen molar-refractivity contribution in [1.82, 2.24) is 4.90 Å². The van der Waals surface area contributed by atoms with Crippen molar-refractivity contribution in [2.75, 3.05) is 24.6 Å². The standard InChI is InChI=1S/C20H22FN5O5S/c1-25-9-4-2-3-8-18(25)24-32(30,31)15-7-5-6-14(12-15)23-20(27)16-10-13(21)11-17(19(16)22)26(28)29/h5-7,10-12H,2-4,8-9,22H2,1H3,(H,23,27). The molecule has 0 spiro atoms. The summed E-state index contributed by atoms with van der Waals surface area (Å²) < 4.78 is 43.3. The second-order valence-electron chi connectivity index (χ2n) is 7.34. The number of likely N-dealkylation sites (tertiary alicyclic amines) is 1. The lowest BCUT2D eigenvalue weighted by molar-refractivity contribution is -0.384. The number of anilines is 2. The van der Waals surface area contributed by atoms with Gasteiger partial charge in [-0.15, -0.1) is 4.40 Å². The average molecular weight is 463 g/mol. The molecule has 1 fully saturated rings. The lowest BCUT2D eigenvalue weighted by Gasteiger charge is -2.17. The smallest absolute Gasteiger partial charge is 0.295 e. The molecule has 1 aliphatic heterocycles. The number of amides is 1. The minimum atomic E-state index is -4.04. The minimum Gasteiger partial charge on any atom is -0.393 e. The van der Waals surface area contributed by atoms with E-state index in [4.69, 9.17) is 5.73 Å². The molecule has 170 valence electrons. The number of nitrogens with two attached hydrogens (primary N) is 1. The summed E-state index contributed by atoms with van der Waals surface area (Å²) in [5.41, 5.74) is 4.05. The molecule has 12 heteroatoms. The molecule has 1 saturated heterocycles. The molecule has 1 aliphatic rings. The van der Waals surface area contributed by atoms with Gasteiger partial charge in [-0.3, -0.25) is 14.9 Å². The van der Waals surface area contributed by atoms with Gasteiger partial charge in [0.2, 0.25) is 0 Å². The van der Waals surface area contributed by atoms with Gasteiger partial charge in [-0.05, 0) is 37.1 Å². The molecule has 3 rings (SSSR count). The maximum absolute atomic E-state index is 13.7. The van der Waals surface area contributed by atoms with Gasteiger partial charge in [-0.2, -0.15) is 8.42 Å². The van der Waals surface area contributed by atoms with Crippen LogP contribution in [0, 0.1) is 15.9 Å². The first-order valence-electron chi connectivity index (χ1n) is 9.78. The number of nitrogen functional groups attached to an aromatic ring is 1. The molecule has 0 atom stereocenters. The number of nitrogens with zero attached hydrogens (tertiary/aromatic N) is 3. The molecule has 2 aromatic carbocycles. The SMILES string of the molecule is CN1CCCCCC1=NS(=O)(=O)c1cccc(NC(=O)c2cc(F)cc([N+](=O)[O-])c2N)c1. The Hall–Kier alpha value is -3.54. The predicted molar refractivity (Wildman–Crippen MR) is 118 cm³/mol. The molecule has 0 bridgehead atoms. The number of amidine groups is 1. The van der Waals surface area contributed by atoms with E-state index in [0.29, 0.717) is 24.9 Å². The zero-order valence-electron chi connectivity index (χ0n) is 17.2. The molecule has 3 N–H and O–H groups in total. The summed E-state index contributed by atoms with van der Waals surface area (Å²) in [5, 5.41) is 13.4. The van der Waals surface area contributed by atoms with Gasteiger partial charge in [-0.25, -0.2) is 4.39 Å². The molecular formula is C20H22FN5O5S. The summed E-state index contributed by atoms with van der Waals surface area (Å²) in [7, 11) is -2.25.